The fourth-order valence-corrected chi connectivity index (χ4v) is 1.47. The lowest BCUT2D eigenvalue weighted by Crippen LogP contribution is -2.09. The first kappa shape index (κ1) is 13.0. The van der Waals surface area contributed by atoms with Crippen molar-refractivity contribution < 1.29 is 14.6 Å². The van der Waals surface area contributed by atoms with Gasteiger partial charge in [0.15, 0.2) is 0 Å². The summed E-state index contributed by atoms with van der Waals surface area (Å²) in [6, 6.07) is 4.97. The molecule has 0 aromatic heterocycles. The first-order valence-corrected chi connectivity index (χ1v) is 5.22. The number of hydrogen-bond acceptors (Lipinski definition) is 5. The molecule has 17 heavy (non-hydrogen) atoms. The van der Waals surface area contributed by atoms with Crippen LogP contribution in [0, 0.1) is 11.3 Å². The van der Waals surface area contributed by atoms with E-state index in [0.29, 0.717) is 11.1 Å². The van der Waals surface area contributed by atoms with Crippen molar-refractivity contribution in [2.75, 3.05) is 6.61 Å². The van der Waals surface area contributed by atoms with Gasteiger partial charge in [-0.05, 0) is 18.6 Å². The summed E-state index contributed by atoms with van der Waals surface area (Å²) in [6.45, 7) is 2.22. The van der Waals surface area contributed by atoms with Crippen molar-refractivity contribution in [3.8, 4) is 11.8 Å². The van der Waals surface area contributed by atoms with Crippen LogP contribution in [0.3, 0.4) is 0 Å². The van der Waals surface area contributed by atoms with Crippen molar-refractivity contribution in [1.29, 1.82) is 5.26 Å². The largest absolute Gasteiger partial charge is 0.506 e. The predicted molar refractivity (Wildman–Crippen MR) is 61.1 cm³/mol. The number of hydrogen-bond donors (Lipinski definition) is 2. The molecule has 0 unspecified atom stereocenters. The summed E-state index contributed by atoms with van der Waals surface area (Å²) in [7, 11) is 0. The van der Waals surface area contributed by atoms with Gasteiger partial charge in [-0.25, -0.2) is 0 Å². The normalized spacial score (nSPS) is 9.71. The smallest absolute Gasteiger partial charge is 0.310 e. The number of phenols is 1. The van der Waals surface area contributed by atoms with Crippen LogP contribution < -0.4 is 5.73 Å². The van der Waals surface area contributed by atoms with Crippen molar-refractivity contribution in [2.45, 2.75) is 19.9 Å². The molecule has 90 valence electrons. The van der Waals surface area contributed by atoms with Gasteiger partial charge in [0.05, 0.1) is 18.6 Å². The lowest BCUT2D eigenvalue weighted by Gasteiger charge is -2.08. The molecule has 0 fully saturated rings. The lowest BCUT2D eigenvalue weighted by molar-refractivity contribution is -0.142. The minimum absolute atomic E-state index is 0.0673. The van der Waals surface area contributed by atoms with Crippen molar-refractivity contribution in [1.82, 2.24) is 0 Å². The monoisotopic (exact) mass is 234 g/mol. The summed E-state index contributed by atoms with van der Waals surface area (Å²) in [5.41, 5.74) is 6.65. The highest BCUT2D eigenvalue weighted by Crippen LogP contribution is 2.24. The van der Waals surface area contributed by atoms with E-state index in [1.165, 1.54) is 6.07 Å². The van der Waals surface area contributed by atoms with E-state index in [9.17, 15) is 9.90 Å². The molecule has 0 spiro atoms. The number of ether oxygens (including phenoxy) is 1. The molecule has 0 amide bonds. The van der Waals surface area contributed by atoms with Crippen molar-refractivity contribution in [2.24, 2.45) is 5.73 Å². The molecule has 0 aliphatic carbocycles. The minimum atomic E-state index is -0.444. The maximum absolute atomic E-state index is 11.3. The minimum Gasteiger partial charge on any atom is -0.506 e. The third-order valence-electron chi connectivity index (χ3n) is 2.24. The highest BCUT2D eigenvalue weighted by Gasteiger charge is 2.13. The standard InChI is InChI=1S/C12H14N2O3/c1-2-17-11(15)5-9-3-8(6-13)4-10(7-14)12(9)16/h3-4,16H,2,5-6,13H2,1H3. The summed E-state index contributed by atoms with van der Waals surface area (Å²) in [4.78, 5) is 11.3. The number of carbonyl (C=O) groups is 1. The lowest BCUT2D eigenvalue weighted by atomic mass is 10.0. The second-order valence-electron chi connectivity index (χ2n) is 3.45. The molecule has 3 N–H and O–H groups in total. The van der Waals surface area contributed by atoms with E-state index >= 15 is 0 Å². The van der Waals surface area contributed by atoms with Crippen LogP contribution in [-0.2, 0) is 22.5 Å². The SMILES string of the molecule is CCOC(=O)Cc1cc(CN)cc(C#N)c1O. The second-order valence-corrected chi connectivity index (χ2v) is 3.45. The Labute approximate surface area is 99.4 Å². The van der Waals surface area contributed by atoms with Gasteiger partial charge in [-0.2, -0.15) is 5.26 Å². The van der Waals surface area contributed by atoms with Gasteiger partial charge >= 0.3 is 5.97 Å². The van der Waals surface area contributed by atoms with Crippen molar-refractivity contribution in [3.63, 3.8) is 0 Å². The van der Waals surface area contributed by atoms with Crippen LogP contribution in [0.1, 0.15) is 23.6 Å². The first-order valence-electron chi connectivity index (χ1n) is 5.22. The summed E-state index contributed by atoms with van der Waals surface area (Å²) < 4.78 is 4.78. The van der Waals surface area contributed by atoms with E-state index in [2.05, 4.69) is 0 Å². The Kier molecular flexibility index (Phi) is 4.49. The Hall–Kier alpha value is -2.06. The van der Waals surface area contributed by atoms with Crippen molar-refractivity contribution >= 4 is 5.97 Å². The van der Waals surface area contributed by atoms with E-state index < -0.39 is 5.97 Å². The maximum atomic E-state index is 11.3. The molecular formula is C12H14N2O3. The summed E-state index contributed by atoms with van der Waals surface area (Å²) in [5.74, 6) is -0.626. The Morgan fingerprint density at radius 2 is 2.29 bits per heavy atom. The molecule has 0 aliphatic heterocycles. The van der Waals surface area contributed by atoms with Gasteiger partial charge in [-0.15, -0.1) is 0 Å². The third kappa shape index (κ3) is 3.20. The average Bonchev–Trinajstić information content (AvgIpc) is 2.32. The van der Waals surface area contributed by atoms with Crippen LogP contribution in [0.25, 0.3) is 0 Å². The van der Waals surface area contributed by atoms with Gasteiger partial charge < -0.3 is 15.6 Å². The molecule has 0 atom stereocenters. The van der Waals surface area contributed by atoms with Crippen LogP contribution in [-0.4, -0.2) is 17.7 Å². The highest BCUT2D eigenvalue weighted by atomic mass is 16.5. The van der Waals surface area contributed by atoms with Crippen LogP contribution in [0.15, 0.2) is 12.1 Å². The highest BCUT2D eigenvalue weighted by molar-refractivity contribution is 5.74. The number of carbonyl (C=O) groups excluding carboxylic acids is 1. The Morgan fingerprint density at radius 1 is 1.59 bits per heavy atom. The Morgan fingerprint density at radius 3 is 2.82 bits per heavy atom. The molecule has 0 aliphatic rings. The van der Waals surface area contributed by atoms with Gasteiger partial charge in [-0.3, -0.25) is 4.79 Å². The predicted octanol–water partition coefficient (Wildman–Crippen LogP) is 0.828. The van der Waals surface area contributed by atoms with E-state index in [1.807, 2.05) is 6.07 Å². The van der Waals surface area contributed by atoms with E-state index in [-0.39, 0.29) is 30.9 Å². The summed E-state index contributed by atoms with van der Waals surface area (Å²) in [6.07, 6.45) is -0.0673. The fraction of sp³-hybridized carbons (Fsp3) is 0.333. The number of rotatable bonds is 4. The zero-order valence-electron chi connectivity index (χ0n) is 9.56. The molecule has 5 heteroatoms. The third-order valence-corrected chi connectivity index (χ3v) is 2.24. The van der Waals surface area contributed by atoms with Gasteiger partial charge in [-0.1, -0.05) is 6.07 Å². The zero-order valence-corrected chi connectivity index (χ0v) is 9.56. The maximum Gasteiger partial charge on any atom is 0.310 e. The fourth-order valence-electron chi connectivity index (χ4n) is 1.47. The number of aromatic hydroxyl groups is 1. The first-order chi connectivity index (χ1) is 8.12. The molecule has 0 bridgehead atoms. The van der Waals surface area contributed by atoms with Crippen LogP contribution in [0.2, 0.25) is 0 Å². The number of esters is 1. The molecule has 1 rings (SSSR count). The molecule has 0 heterocycles. The topological polar surface area (TPSA) is 96.3 Å². The van der Waals surface area contributed by atoms with Gasteiger partial charge in [0.2, 0.25) is 0 Å². The quantitative estimate of drug-likeness (QED) is 0.752. The Bertz CT molecular complexity index is 464. The van der Waals surface area contributed by atoms with E-state index in [4.69, 9.17) is 15.7 Å². The molecule has 1 aromatic carbocycles. The molecule has 1 aromatic rings. The van der Waals surface area contributed by atoms with E-state index in [1.54, 1.807) is 13.0 Å². The number of nitrogens with zero attached hydrogens (tertiary/aromatic N) is 1. The number of benzene rings is 1. The van der Waals surface area contributed by atoms with Gasteiger partial charge in [0.25, 0.3) is 0 Å². The molecule has 5 nitrogen and oxygen atoms in total. The molecular weight excluding hydrogens is 220 g/mol. The molecule has 0 saturated carbocycles. The molecule has 0 saturated heterocycles. The summed E-state index contributed by atoms with van der Waals surface area (Å²) >= 11 is 0. The average molecular weight is 234 g/mol. The van der Waals surface area contributed by atoms with Gasteiger partial charge in [0, 0.05) is 12.1 Å². The second kappa shape index (κ2) is 5.87. The number of nitrogens with two attached hydrogens (primary N) is 1. The van der Waals surface area contributed by atoms with E-state index in [0.717, 1.165) is 0 Å². The van der Waals surface area contributed by atoms with Gasteiger partial charge in [0.1, 0.15) is 11.8 Å². The van der Waals surface area contributed by atoms with Crippen LogP contribution >= 0.6 is 0 Å². The Balaban J connectivity index is 3.06. The van der Waals surface area contributed by atoms with Crippen LogP contribution in [0.4, 0.5) is 0 Å². The molecule has 0 radical (unpaired) electrons. The zero-order chi connectivity index (χ0) is 12.8. The number of phenolic OH excluding ortho intramolecular Hbond substituents is 1. The summed E-state index contributed by atoms with van der Waals surface area (Å²) in [5, 5.41) is 18.6. The van der Waals surface area contributed by atoms with Crippen molar-refractivity contribution in [3.05, 3.63) is 28.8 Å². The number of nitriles is 1. The van der Waals surface area contributed by atoms with Crippen LogP contribution in [0.5, 0.6) is 5.75 Å².